The van der Waals surface area contributed by atoms with Crippen LogP contribution in [0.15, 0.2) is 18.2 Å². The summed E-state index contributed by atoms with van der Waals surface area (Å²) in [4.78, 5) is 29.2. The third kappa shape index (κ3) is 3.35. The van der Waals surface area contributed by atoms with Gasteiger partial charge in [0.15, 0.2) is 17.3 Å². The van der Waals surface area contributed by atoms with Crippen molar-refractivity contribution in [2.45, 2.75) is 39.3 Å². The maximum Gasteiger partial charge on any atom is 0.231 e. The molecule has 1 aromatic carbocycles. The fourth-order valence-electron chi connectivity index (χ4n) is 3.13. The summed E-state index contributed by atoms with van der Waals surface area (Å²) in [5, 5.41) is 0. The summed E-state index contributed by atoms with van der Waals surface area (Å²) in [6.45, 7) is 9.86. The van der Waals surface area contributed by atoms with E-state index >= 15 is 0 Å². The molecule has 1 fully saturated rings. The van der Waals surface area contributed by atoms with Gasteiger partial charge in [-0.2, -0.15) is 0 Å². The molecule has 0 spiro atoms. The number of ether oxygens (including phenoxy) is 2. The Bertz CT molecular complexity index is 689. The monoisotopic (exact) mass is 346 g/mol. The van der Waals surface area contributed by atoms with Crippen molar-refractivity contribution < 1.29 is 19.1 Å². The number of hydrogen-bond donors (Lipinski definition) is 0. The molecule has 0 aromatic heterocycles. The number of hydrogen-bond acceptors (Lipinski definition) is 5. The molecule has 1 amide bonds. The zero-order chi connectivity index (χ0) is 18.4. The number of carbonyl (C=O) groups is 2. The predicted molar refractivity (Wildman–Crippen MR) is 93.9 cm³/mol. The van der Waals surface area contributed by atoms with Crippen LogP contribution in [0.1, 0.15) is 38.1 Å². The molecule has 6 nitrogen and oxygen atoms in total. The lowest BCUT2D eigenvalue weighted by atomic mass is 9.91. The van der Waals surface area contributed by atoms with Crippen LogP contribution in [0.4, 0.5) is 0 Å². The SMILES string of the molecule is CC(C(=O)c1ccc2c(c1)OCO2)N(C)C(=O)C1CN(C(C)(C)C)C1. The van der Waals surface area contributed by atoms with Gasteiger partial charge < -0.3 is 14.4 Å². The van der Waals surface area contributed by atoms with Gasteiger partial charge in [0.25, 0.3) is 0 Å². The maximum atomic E-state index is 12.7. The number of rotatable bonds is 4. The first-order valence-electron chi connectivity index (χ1n) is 8.64. The smallest absolute Gasteiger partial charge is 0.231 e. The van der Waals surface area contributed by atoms with Crippen molar-refractivity contribution in [1.82, 2.24) is 9.80 Å². The topological polar surface area (TPSA) is 59.1 Å². The molecule has 6 heteroatoms. The first-order chi connectivity index (χ1) is 11.7. The standard InChI is InChI=1S/C19H26N2O4/c1-12(17(22)13-6-7-15-16(8-13)25-11-24-15)20(5)18(23)14-9-21(10-14)19(2,3)4/h6-8,12,14H,9-11H2,1-5H3. The van der Waals surface area contributed by atoms with E-state index in [1.54, 1.807) is 37.1 Å². The number of fused-ring (bicyclic) bond motifs is 1. The highest BCUT2D eigenvalue weighted by molar-refractivity contribution is 6.02. The molecule has 136 valence electrons. The summed E-state index contributed by atoms with van der Waals surface area (Å²) >= 11 is 0. The molecule has 0 radical (unpaired) electrons. The molecule has 2 aliphatic heterocycles. The van der Waals surface area contributed by atoms with Crippen LogP contribution < -0.4 is 9.47 Å². The van der Waals surface area contributed by atoms with Gasteiger partial charge in [0.2, 0.25) is 12.7 Å². The normalized spacial score (nSPS) is 18.6. The second-order valence-electron chi connectivity index (χ2n) is 7.83. The number of ketones is 1. The van der Waals surface area contributed by atoms with Gasteiger partial charge in [-0.05, 0) is 45.9 Å². The van der Waals surface area contributed by atoms with E-state index in [0.29, 0.717) is 17.1 Å². The summed E-state index contributed by atoms with van der Waals surface area (Å²) < 4.78 is 10.6. The molecule has 0 saturated carbocycles. The molecule has 1 saturated heterocycles. The van der Waals surface area contributed by atoms with Gasteiger partial charge in [-0.25, -0.2) is 0 Å². The second-order valence-corrected chi connectivity index (χ2v) is 7.83. The highest BCUT2D eigenvalue weighted by Gasteiger charge is 2.40. The van der Waals surface area contributed by atoms with Gasteiger partial charge in [0, 0.05) is 31.2 Å². The number of benzene rings is 1. The van der Waals surface area contributed by atoms with Crippen LogP contribution in [0.25, 0.3) is 0 Å². The molecule has 1 atom stereocenters. The van der Waals surface area contributed by atoms with Crippen LogP contribution in [0, 0.1) is 5.92 Å². The molecule has 1 unspecified atom stereocenters. The van der Waals surface area contributed by atoms with E-state index in [1.807, 2.05) is 0 Å². The number of amides is 1. The average Bonchev–Trinajstić information content (AvgIpc) is 2.97. The molecular formula is C19H26N2O4. The summed E-state index contributed by atoms with van der Waals surface area (Å²) in [5.74, 6) is 1.12. The summed E-state index contributed by atoms with van der Waals surface area (Å²) in [5.41, 5.74) is 0.602. The number of carbonyl (C=O) groups excluding carboxylic acids is 2. The van der Waals surface area contributed by atoms with Crippen LogP contribution in [0.5, 0.6) is 11.5 Å². The van der Waals surface area contributed by atoms with Crippen molar-refractivity contribution in [1.29, 1.82) is 0 Å². The van der Waals surface area contributed by atoms with Gasteiger partial charge in [-0.3, -0.25) is 14.5 Å². The maximum absolute atomic E-state index is 12.7. The summed E-state index contributed by atoms with van der Waals surface area (Å²) in [6, 6.07) is 4.62. The van der Waals surface area contributed by atoms with Crippen molar-refractivity contribution >= 4 is 11.7 Å². The number of likely N-dealkylation sites (tertiary alicyclic amines) is 1. The third-order valence-corrected chi connectivity index (χ3v) is 5.14. The Hall–Kier alpha value is -2.08. The zero-order valence-electron chi connectivity index (χ0n) is 15.5. The molecular weight excluding hydrogens is 320 g/mol. The minimum atomic E-state index is -0.517. The molecule has 0 aliphatic carbocycles. The van der Waals surface area contributed by atoms with E-state index in [2.05, 4.69) is 25.7 Å². The van der Waals surface area contributed by atoms with Crippen molar-refractivity contribution in [3.05, 3.63) is 23.8 Å². The number of likely N-dealkylation sites (N-methyl/N-ethyl adjacent to an activating group) is 1. The molecule has 0 N–H and O–H groups in total. The highest BCUT2D eigenvalue weighted by atomic mass is 16.7. The van der Waals surface area contributed by atoms with Crippen LogP contribution in [-0.4, -0.2) is 60.0 Å². The van der Waals surface area contributed by atoms with E-state index in [4.69, 9.17) is 9.47 Å². The van der Waals surface area contributed by atoms with Crippen molar-refractivity contribution in [2.24, 2.45) is 5.92 Å². The lowest BCUT2D eigenvalue weighted by Gasteiger charge is -2.48. The Kier molecular flexibility index (Phi) is 4.49. The average molecular weight is 346 g/mol. The minimum absolute atomic E-state index is 0.0297. The lowest BCUT2D eigenvalue weighted by molar-refractivity contribution is -0.143. The van der Waals surface area contributed by atoms with Gasteiger partial charge in [-0.1, -0.05) is 0 Å². The van der Waals surface area contributed by atoms with Crippen LogP contribution in [-0.2, 0) is 4.79 Å². The van der Waals surface area contributed by atoms with E-state index in [-0.39, 0.29) is 29.9 Å². The fraction of sp³-hybridized carbons (Fsp3) is 0.579. The van der Waals surface area contributed by atoms with Gasteiger partial charge in [-0.15, -0.1) is 0 Å². The van der Waals surface area contributed by atoms with Crippen molar-refractivity contribution in [2.75, 3.05) is 26.9 Å². The van der Waals surface area contributed by atoms with Crippen LogP contribution in [0.2, 0.25) is 0 Å². The molecule has 3 rings (SSSR count). The van der Waals surface area contributed by atoms with Gasteiger partial charge in [0.05, 0.1) is 12.0 Å². The predicted octanol–water partition coefficient (Wildman–Crippen LogP) is 2.18. The molecule has 2 aliphatic rings. The third-order valence-electron chi connectivity index (χ3n) is 5.14. The van der Waals surface area contributed by atoms with Crippen molar-refractivity contribution in [3.63, 3.8) is 0 Å². The van der Waals surface area contributed by atoms with Crippen LogP contribution >= 0.6 is 0 Å². The summed E-state index contributed by atoms with van der Waals surface area (Å²) in [7, 11) is 1.71. The number of nitrogens with zero attached hydrogens (tertiary/aromatic N) is 2. The van der Waals surface area contributed by atoms with E-state index in [1.165, 1.54) is 0 Å². The Balaban J connectivity index is 1.63. The Morgan fingerprint density at radius 1 is 1.20 bits per heavy atom. The summed E-state index contributed by atoms with van der Waals surface area (Å²) in [6.07, 6.45) is 0. The molecule has 2 heterocycles. The van der Waals surface area contributed by atoms with E-state index in [0.717, 1.165) is 13.1 Å². The lowest BCUT2D eigenvalue weighted by Crippen LogP contribution is -2.61. The zero-order valence-corrected chi connectivity index (χ0v) is 15.5. The number of Topliss-reactive ketones (excluding diaryl/α,β-unsaturated/α-hetero) is 1. The Labute approximate surface area is 148 Å². The van der Waals surface area contributed by atoms with Crippen molar-refractivity contribution in [3.8, 4) is 11.5 Å². The largest absolute Gasteiger partial charge is 0.454 e. The molecule has 0 bridgehead atoms. The van der Waals surface area contributed by atoms with Gasteiger partial charge >= 0.3 is 0 Å². The van der Waals surface area contributed by atoms with Crippen LogP contribution in [0.3, 0.4) is 0 Å². The first kappa shape index (κ1) is 17.7. The fourth-order valence-corrected chi connectivity index (χ4v) is 3.13. The Morgan fingerprint density at radius 2 is 1.84 bits per heavy atom. The quantitative estimate of drug-likeness (QED) is 0.782. The van der Waals surface area contributed by atoms with E-state index < -0.39 is 6.04 Å². The Morgan fingerprint density at radius 3 is 2.48 bits per heavy atom. The van der Waals surface area contributed by atoms with E-state index in [9.17, 15) is 9.59 Å². The first-order valence-corrected chi connectivity index (χ1v) is 8.64. The van der Waals surface area contributed by atoms with Gasteiger partial charge in [0.1, 0.15) is 0 Å². The molecule has 25 heavy (non-hydrogen) atoms. The second kappa shape index (κ2) is 6.33. The highest BCUT2D eigenvalue weighted by Crippen LogP contribution is 2.33. The minimum Gasteiger partial charge on any atom is -0.454 e. The molecule has 1 aromatic rings.